The monoisotopic (exact) mass is 503 g/mol. The van der Waals surface area contributed by atoms with Gasteiger partial charge in [-0.1, -0.05) is 69.2 Å². The van der Waals surface area contributed by atoms with E-state index in [-0.39, 0.29) is 0 Å². The lowest BCUT2D eigenvalue weighted by Gasteiger charge is -2.14. The maximum absolute atomic E-state index is 11.5. The summed E-state index contributed by atoms with van der Waals surface area (Å²) < 4.78 is 11.8. The van der Waals surface area contributed by atoms with Crippen molar-refractivity contribution in [1.82, 2.24) is 5.32 Å². The minimum atomic E-state index is -0.607. The largest absolute Gasteiger partial charge is 0.494 e. The summed E-state index contributed by atoms with van der Waals surface area (Å²) >= 11 is 0. The minimum Gasteiger partial charge on any atom is -0.494 e. The van der Waals surface area contributed by atoms with Crippen molar-refractivity contribution in [2.24, 2.45) is 5.73 Å². The van der Waals surface area contributed by atoms with Crippen molar-refractivity contribution >= 4 is 11.7 Å². The average molecular weight is 504 g/mol. The zero-order valence-electron chi connectivity index (χ0n) is 22.2. The number of nitrogens with two attached hydrogens (primary N) is 1. The minimum absolute atomic E-state index is 0.418. The van der Waals surface area contributed by atoms with Crippen LogP contribution in [0.5, 0.6) is 11.5 Å². The number of rotatable bonds is 16. The SMILES string of the molecule is CCCCOc1ccc(CCNCCc2ccc(OCc3ccccc3)c(NC(N)=O)c2)c(CCC)c1. The second-order valence-corrected chi connectivity index (χ2v) is 9.23. The first-order chi connectivity index (χ1) is 18.1. The molecule has 0 aromatic heterocycles. The van der Waals surface area contributed by atoms with E-state index >= 15 is 0 Å². The van der Waals surface area contributed by atoms with Crippen LogP contribution >= 0.6 is 0 Å². The smallest absolute Gasteiger partial charge is 0.316 e. The van der Waals surface area contributed by atoms with Gasteiger partial charge in [0.1, 0.15) is 18.1 Å². The highest BCUT2D eigenvalue weighted by Gasteiger charge is 2.09. The molecule has 0 aliphatic rings. The normalized spacial score (nSPS) is 10.8. The molecule has 0 unspecified atom stereocenters. The highest BCUT2D eigenvalue weighted by atomic mass is 16.5. The Bertz CT molecular complexity index is 1100. The number of ether oxygens (including phenoxy) is 2. The van der Waals surface area contributed by atoms with Crippen molar-refractivity contribution in [3.63, 3.8) is 0 Å². The molecule has 0 aliphatic heterocycles. The van der Waals surface area contributed by atoms with Crippen LogP contribution < -0.4 is 25.8 Å². The maximum Gasteiger partial charge on any atom is 0.316 e. The van der Waals surface area contributed by atoms with E-state index in [1.165, 1.54) is 11.1 Å². The predicted molar refractivity (Wildman–Crippen MR) is 152 cm³/mol. The topological polar surface area (TPSA) is 85.6 Å². The molecule has 0 spiro atoms. The molecule has 3 aromatic rings. The van der Waals surface area contributed by atoms with Gasteiger partial charge in [0.05, 0.1) is 12.3 Å². The van der Waals surface area contributed by atoms with Crippen molar-refractivity contribution in [3.05, 3.63) is 89.0 Å². The van der Waals surface area contributed by atoms with Gasteiger partial charge in [-0.05, 0) is 85.3 Å². The van der Waals surface area contributed by atoms with Crippen LogP contribution in [0.4, 0.5) is 10.5 Å². The van der Waals surface area contributed by atoms with Crippen LogP contribution in [0.15, 0.2) is 66.7 Å². The van der Waals surface area contributed by atoms with Crippen LogP contribution in [0.25, 0.3) is 0 Å². The molecule has 3 aromatic carbocycles. The Morgan fingerprint density at radius 3 is 2.38 bits per heavy atom. The molecule has 6 nitrogen and oxygen atoms in total. The summed E-state index contributed by atoms with van der Waals surface area (Å²) in [7, 11) is 0. The fourth-order valence-corrected chi connectivity index (χ4v) is 4.18. The molecule has 0 aliphatic carbocycles. The Morgan fingerprint density at radius 2 is 1.62 bits per heavy atom. The first kappa shape index (κ1) is 28.1. The van der Waals surface area contributed by atoms with Gasteiger partial charge in [-0.15, -0.1) is 0 Å². The second-order valence-electron chi connectivity index (χ2n) is 9.23. The van der Waals surface area contributed by atoms with Crippen LogP contribution in [0, 0.1) is 0 Å². The third-order valence-electron chi connectivity index (χ3n) is 6.16. The fraction of sp³-hybridized carbons (Fsp3) is 0.387. The molecule has 3 rings (SSSR count). The number of amides is 2. The van der Waals surface area contributed by atoms with Gasteiger partial charge in [0.25, 0.3) is 0 Å². The van der Waals surface area contributed by atoms with E-state index in [1.54, 1.807) is 0 Å². The van der Waals surface area contributed by atoms with Gasteiger partial charge in [-0.25, -0.2) is 4.79 Å². The van der Waals surface area contributed by atoms with E-state index in [2.05, 4.69) is 42.7 Å². The van der Waals surface area contributed by atoms with Gasteiger partial charge in [0.2, 0.25) is 0 Å². The van der Waals surface area contributed by atoms with Crippen molar-refractivity contribution in [2.75, 3.05) is 25.0 Å². The molecule has 0 saturated carbocycles. The average Bonchev–Trinajstić information content (AvgIpc) is 2.89. The van der Waals surface area contributed by atoms with Gasteiger partial charge < -0.3 is 25.8 Å². The first-order valence-electron chi connectivity index (χ1n) is 13.4. The molecular weight excluding hydrogens is 462 g/mol. The fourth-order valence-electron chi connectivity index (χ4n) is 4.18. The lowest BCUT2D eigenvalue weighted by molar-refractivity contribution is 0.259. The van der Waals surface area contributed by atoms with Crippen LogP contribution in [0.3, 0.4) is 0 Å². The van der Waals surface area contributed by atoms with E-state index in [0.717, 1.165) is 75.1 Å². The number of urea groups is 1. The molecule has 6 heteroatoms. The molecule has 0 bridgehead atoms. The van der Waals surface area contributed by atoms with E-state index in [0.29, 0.717) is 18.0 Å². The van der Waals surface area contributed by atoms with Crippen molar-refractivity contribution in [3.8, 4) is 11.5 Å². The summed E-state index contributed by atoms with van der Waals surface area (Å²) in [5, 5.41) is 6.25. The van der Waals surface area contributed by atoms with Gasteiger partial charge in [-0.3, -0.25) is 0 Å². The Morgan fingerprint density at radius 1 is 0.811 bits per heavy atom. The predicted octanol–water partition coefficient (Wildman–Crippen LogP) is 6.26. The van der Waals surface area contributed by atoms with Gasteiger partial charge in [0, 0.05) is 0 Å². The van der Waals surface area contributed by atoms with Crippen LogP contribution in [0.1, 0.15) is 55.4 Å². The third kappa shape index (κ3) is 9.81. The number of aryl methyl sites for hydroxylation is 1. The van der Waals surface area contributed by atoms with Gasteiger partial charge in [0.15, 0.2) is 0 Å². The summed E-state index contributed by atoms with van der Waals surface area (Å²) in [6.07, 6.45) is 6.21. The standard InChI is InChI=1S/C31H41N3O3/c1-3-5-20-36-28-14-13-26(27(22-28)9-4-2)17-19-33-18-16-24-12-15-30(29(21-24)34-31(32)35)37-23-25-10-7-6-8-11-25/h6-8,10-15,21-22,33H,3-5,9,16-20,23H2,1-2H3,(H3,32,34,35). The summed E-state index contributed by atoms with van der Waals surface area (Å²) in [5.41, 5.74) is 10.9. The molecular formula is C31H41N3O3. The Kier molecular flexibility index (Phi) is 11.8. The summed E-state index contributed by atoms with van der Waals surface area (Å²) in [5.74, 6) is 1.58. The Labute approximate surface area is 221 Å². The highest BCUT2D eigenvalue weighted by molar-refractivity contribution is 5.89. The molecule has 4 N–H and O–H groups in total. The molecule has 0 atom stereocenters. The number of carbonyl (C=O) groups excluding carboxylic acids is 1. The summed E-state index contributed by atoms with van der Waals surface area (Å²) in [6, 6.07) is 21.7. The van der Waals surface area contributed by atoms with E-state index in [9.17, 15) is 4.79 Å². The first-order valence-corrected chi connectivity index (χ1v) is 13.4. The second kappa shape index (κ2) is 15.6. The number of nitrogens with one attached hydrogen (secondary N) is 2. The summed E-state index contributed by atoms with van der Waals surface area (Å²) in [4.78, 5) is 11.5. The Hall–Kier alpha value is -3.51. The number of hydrogen-bond donors (Lipinski definition) is 3. The van der Waals surface area contributed by atoms with Crippen molar-refractivity contribution < 1.29 is 14.3 Å². The van der Waals surface area contributed by atoms with Gasteiger partial charge >= 0.3 is 6.03 Å². The number of primary amides is 1. The van der Waals surface area contributed by atoms with E-state index in [4.69, 9.17) is 15.2 Å². The number of unbranched alkanes of at least 4 members (excludes halogenated alkanes) is 1. The van der Waals surface area contributed by atoms with Crippen LogP contribution in [0.2, 0.25) is 0 Å². The van der Waals surface area contributed by atoms with Crippen molar-refractivity contribution in [2.45, 2.75) is 59.0 Å². The lowest BCUT2D eigenvalue weighted by Crippen LogP contribution is -2.21. The summed E-state index contributed by atoms with van der Waals surface area (Å²) in [6.45, 7) is 7.32. The molecule has 37 heavy (non-hydrogen) atoms. The molecule has 0 heterocycles. The van der Waals surface area contributed by atoms with E-state index in [1.807, 2.05) is 48.5 Å². The zero-order chi connectivity index (χ0) is 26.3. The quantitative estimate of drug-likeness (QED) is 0.201. The molecule has 0 fully saturated rings. The zero-order valence-corrected chi connectivity index (χ0v) is 22.2. The van der Waals surface area contributed by atoms with Crippen LogP contribution in [-0.2, 0) is 25.9 Å². The Balaban J connectivity index is 1.50. The van der Waals surface area contributed by atoms with Crippen LogP contribution in [-0.4, -0.2) is 25.7 Å². The number of benzene rings is 3. The number of hydrogen-bond acceptors (Lipinski definition) is 4. The number of carbonyl (C=O) groups is 1. The highest BCUT2D eigenvalue weighted by Crippen LogP contribution is 2.27. The number of anilines is 1. The maximum atomic E-state index is 11.5. The van der Waals surface area contributed by atoms with Gasteiger partial charge in [-0.2, -0.15) is 0 Å². The molecule has 2 amide bonds. The molecule has 0 saturated heterocycles. The van der Waals surface area contributed by atoms with Crippen molar-refractivity contribution in [1.29, 1.82) is 0 Å². The molecule has 0 radical (unpaired) electrons. The van der Waals surface area contributed by atoms with E-state index < -0.39 is 6.03 Å². The lowest BCUT2D eigenvalue weighted by atomic mass is 10.00. The third-order valence-corrected chi connectivity index (χ3v) is 6.16. The molecule has 198 valence electrons.